The van der Waals surface area contributed by atoms with E-state index in [2.05, 4.69) is 24.1 Å². The molecule has 0 saturated carbocycles. The summed E-state index contributed by atoms with van der Waals surface area (Å²) < 4.78 is 0. The number of hydrogen-bond acceptors (Lipinski definition) is 3. The van der Waals surface area contributed by atoms with Crippen LogP contribution in [0.5, 0.6) is 0 Å². The van der Waals surface area contributed by atoms with Crippen molar-refractivity contribution in [1.29, 1.82) is 0 Å². The van der Waals surface area contributed by atoms with Gasteiger partial charge in [0.2, 0.25) is 0 Å². The highest BCUT2D eigenvalue weighted by Gasteiger charge is 2.26. The first kappa shape index (κ1) is 13.3. The molecule has 0 bridgehead atoms. The lowest BCUT2D eigenvalue weighted by Gasteiger charge is -2.33. The van der Waals surface area contributed by atoms with Crippen molar-refractivity contribution in [3.63, 3.8) is 0 Å². The summed E-state index contributed by atoms with van der Waals surface area (Å²) in [6.45, 7) is 1.82. The van der Waals surface area contributed by atoms with E-state index < -0.39 is 0 Å². The Bertz CT molecular complexity index is 637. The minimum absolute atomic E-state index is 0.283. The van der Waals surface area contributed by atoms with Gasteiger partial charge in [-0.3, -0.25) is 0 Å². The summed E-state index contributed by atoms with van der Waals surface area (Å²) in [5.41, 5.74) is 17.1. The molecule has 2 aromatic carbocycles. The number of rotatable bonds is 1. The van der Waals surface area contributed by atoms with Crippen LogP contribution in [0.1, 0.15) is 22.6 Å². The SMILES string of the molecule is CN1Cc2c(N)cc(Cl)cc2C(c2ccc(N)cc2)C1. The van der Waals surface area contributed by atoms with E-state index in [0.717, 1.165) is 24.5 Å². The van der Waals surface area contributed by atoms with Crippen LogP contribution in [0.3, 0.4) is 0 Å². The molecule has 104 valence electrons. The summed E-state index contributed by atoms with van der Waals surface area (Å²) in [4.78, 5) is 2.29. The fourth-order valence-electron chi connectivity index (χ4n) is 2.93. The molecule has 4 heteroatoms. The first-order valence-electron chi connectivity index (χ1n) is 6.66. The monoisotopic (exact) mass is 287 g/mol. The number of nitrogens with zero attached hydrogens (tertiary/aromatic N) is 1. The van der Waals surface area contributed by atoms with Gasteiger partial charge in [0.05, 0.1) is 0 Å². The zero-order valence-electron chi connectivity index (χ0n) is 11.4. The van der Waals surface area contributed by atoms with Gasteiger partial charge in [0, 0.05) is 35.4 Å². The lowest BCUT2D eigenvalue weighted by atomic mass is 9.84. The van der Waals surface area contributed by atoms with Crippen LogP contribution in [0.2, 0.25) is 5.02 Å². The fraction of sp³-hybridized carbons (Fsp3) is 0.250. The summed E-state index contributed by atoms with van der Waals surface area (Å²) in [5, 5.41) is 0.700. The highest BCUT2D eigenvalue weighted by molar-refractivity contribution is 6.31. The van der Waals surface area contributed by atoms with Crippen molar-refractivity contribution in [2.75, 3.05) is 25.1 Å². The van der Waals surface area contributed by atoms with Crippen LogP contribution in [-0.2, 0) is 6.54 Å². The number of likely N-dealkylation sites (N-methyl/N-ethyl adjacent to an activating group) is 1. The maximum atomic E-state index is 6.18. The quantitative estimate of drug-likeness (QED) is 0.793. The van der Waals surface area contributed by atoms with Crippen molar-refractivity contribution in [2.24, 2.45) is 0 Å². The smallest absolute Gasteiger partial charge is 0.0429 e. The predicted octanol–water partition coefficient (Wildman–Crippen LogP) is 3.08. The number of hydrogen-bond donors (Lipinski definition) is 2. The molecule has 0 fully saturated rings. The van der Waals surface area contributed by atoms with Crippen LogP contribution < -0.4 is 11.5 Å². The highest BCUT2D eigenvalue weighted by atomic mass is 35.5. The van der Waals surface area contributed by atoms with Crippen molar-refractivity contribution < 1.29 is 0 Å². The zero-order chi connectivity index (χ0) is 14.3. The Morgan fingerprint density at radius 3 is 2.55 bits per heavy atom. The third-order valence-electron chi connectivity index (χ3n) is 3.92. The molecule has 1 unspecified atom stereocenters. The molecule has 0 saturated heterocycles. The molecule has 0 aromatic heterocycles. The Labute approximate surface area is 124 Å². The standard InChI is InChI=1S/C16H18ClN3/c1-20-8-14(10-2-4-12(18)5-3-10)13-6-11(17)7-16(19)15(13)9-20/h2-7,14H,8-9,18-19H2,1H3. The third-order valence-corrected chi connectivity index (χ3v) is 4.14. The summed E-state index contributed by atoms with van der Waals surface area (Å²) in [6, 6.07) is 11.9. The Kier molecular flexibility index (Phi) is 3.32. The predicted molar refractivity (Wildman–Crippen MR) is 84.9 cm³/mol. The third kappa shape index (κ3) is 2.35. The van der Waals surface area contributed by atoms with E-state index >= 15 is 0 Å². The lowest BCUT2D eigenvalue weighted by molar-refractivity contribution is 0.296. The van der Waals surface area contributed by atoms with Crippen molar-refractivity contribution in [3.05, 3.63) is 58.1 Å². The van der Waals surface area contributed by atoms with Gasteiger partial charge in [0.1, 0.15) is 0 Å². The molecular formula is C16H18ClN3. The van der Waals surface area contributed by atoms with Gasteiger partial charge in [0.25, 0.3) is 0 Å². The Balaban J connectivity index is 2.12. The second kappa shape index (κ2) is 5.00. The van der Waals surface area contributed by atoms with Crippen molar-refractivity contribution in [1.82, 2.24) is 4.90 Å². The number of benzene rings is 2. The van der Waals surface area contributed by atoms with Gasteiger partial charge in [-0.1, -0.05) is 23.7 Å². The lowest BCUT2D eigenvalue weighted by Crippen LogP contribution is -2.31. The second-order valence-electron chi connectivity index (χ2n) is 5.48. The van der Waals surface area contributed by atoms with E-state index in [1.54, 1.807) is 0 Å². The summed E-state index contributed by atoms with van der Waals surface area (Å²) >= 11 is 6.18. The molecule has 3 rings (SSSR count). The number of nitrogen functional groups attached to an aromatic ring is 2. The van der Waals surface area contributed by atoms with Crippen LogP contribution >= 0.6 is 11.6 Å². The molecule has 1 atom stereocenters. The Hall–Kier alpha value is -1.71. The molecule has 0 amide bonds. The van der Waals surface area contributed by atoms with Crippen LogP contribution in [0.25, 0.3) is 0 Å². The van der Waals surface area contributed by atoms with Gasteiger partial charge in [-0.15, -0.1) is 0 Å². The second-order valence-corrected chi connectivity index (χ2v) is 5.92. The molecule has 2 aromatic rings. The average Bonchev–Trinajstić information content (AvgIpc) is 2.40. The molecule has 4 N–H and O–H groups in total. The fourth-order valence-corrected chi connectivity index (χ4v) is 3.17. The van der Waals surface area contributed by atoms with Crippen LogP contribution in [0.4, 0.5) is 11.4 Å². The van der Waals surface area contributed by atoms with Crippen molar-refractivity contribution >= 4 is 23.0 Å². The molecule has 1 heterocycles. The van der Waals surface area contributed by atoms with E-state index in [4.69, 9.17) is 23.1 Å². The van der Waals surface area contributed by atoms with Gasteiger partial charge in [-0.2, -0.15) is 0 Å². The number of anilines is 2. The first-order valence-corrected chi connectivity index (χ1v) is 7.04. The van der Waals surface area contributed by atoms with Crippen LogP contribution in [0.15, 0.2) is 36.4 Å². The molecular weight excluding hydrogens is 270 g/mol. The van der Waals surface area contributed by atoms with E-state index in [-0.39, 0.29) is 5.92 Å². The van der Waals surface area contributed by atoms with Crippen LogP contribution in [0, 0.1) is 0 Å². The van der Waals surface area contributed by atoms with Crippen LogP contribution in [-0.4, -0.2) is 18.5 Å². The molecule has 0 aliphatic carbocycles. The molecule has 1 aliphatic rings. The van der Waals surface area contributed by atoms with Crippen molar-refractivity contribution in [2.45, 2.75) is 12.5 Å². The number of nitrogens with two attached hydrogens (primary N) is 2. The van der Waals surface area contributed by atoms with Gasteiger partial charge in [-0.25, -0.2) is 0 Å². The van der Waals surface area contributed by atoms with Gasteiger partial charge < -0.3 is 16.4 Å². The number of halogens is 1. The minimum Gasteiger partial charge on any atom is -0.399 e. The maximum absolute atomic E-state index is 6.18. The Morgan fingerprint density at radius 1 is 1.15 bits per heavy atom. The zero-order valence-corrected chi connectivity index (χ0v) is 12.2. The van der Waals surface area contributed by atoms with E-state index in [9.17, 15) is 0 Å². The van der Waals surface area contributed by atoms with Gasteiger partial charge in [-0.05, 0) is 48.0 Å². The number of fused-ring (bicyclic) bond motifs is 1. The van der Waals surface area contributed by atoms with E-state index in [1.807, 2.05) is 24.3 Å². The largest absolute Gasteiger partial charge is 0.399 e. The summed E-state index contributed by atoms with van der Waals surface area (Å²) in [7, 11) is 2.11. The average molecular weight is 288 g/mol. The molecule has 1 aliphatic heterocycles. The van der Waals surface area contributed by atoms with Gasteiger partial charge in [0.15, 0.2) is 0 Å². The highest BCUT2D eigenvalue weighted by Crippen LogP contribution is 2.37. The summed E-state index contributed by atoms with van der Waals surface area (Å²) in [6.07, 6.45) is 0. The minimum atomic E-state index is 0.283. The van der Waals surface area contributed by atoms with Gasteiger partial charge >= 0.3 is 0 Å². The summed E-state index contributed by atoms with van der Waals surface area (Å²) in [5.74, 6) is 0.283. The van der Waals surface area contributed by atoms with E-state index in [1.165, 1.54) is 16.7 Å². The molecule has 0 radical (unpaired) electrons. The maximum Gasteiger partial charge on any atom is 0.0429 e. The normalized spacial score (nSPS) is 18.8. The van der Waals surface area contributed by atoms with E-state index in [0.29, 0.717) is 5.02 Å². The first-order chi connectivity index (χ1) is 9.54. The topological polar surface area (TPSA) is 55.3 Å². The van der Waals surface area contributed by atoms with Crippen molar-refractivity contribution in [3.8, 4) is 0 Å². The Morgan fingerprint density at radius 2 is 1.85 bits per heavy atom. The molecule has 20 heavy (non-hydrogen) atoms. The molecule has 0 spiro atoms. The molecule has 3 nitrogen and oxygen atoms in total.